The first-order valence-electron chi connectivity index (χ1n) is 11.5. The number of nitrogens with zero attached hydrogens (tertiary/aromatic N) is 2. The molecule has 1 aromatic heterocycles. The summed E-state index contributed by atoms with van der Waals surface area (Å²) in [6.07, 6.45) is 0.405. The molecule has 6 nitrogen and oxygen atoms in total. The van der Waals surface area contributed by atoms with E-state index >= 15 is 4.39 Å². The number of hydrogen-bond donors (Lipinski definition) is 0. The van der Waals surface area contributed by atoms with Crippen molar-refractivity contribution in [2.45, 2.75) is 64.0 Å². The number of anilines is 1. The number of hydrogen-bond acceptors (Lipinski definition) is 5. The molecule has 0 radical (unpaired) electrons. The fourth-order valence-electron chi connectivity index (χ4n) is 4.25. The predicted molar refractivity (Wildman–Crippen MR) is 126 cm³/mol. The first-order chi connectivity index (χ1) is 17.0. The molecule has 0 unspecified atom stereocenters. The van der Waals surface area contributed by atoms with Gasteiger partial charge >= 0.3 is 12.1 Å². The van der Waals surface area contributed by atoms with Gasteiger partial charge in [0.15, 0.2) is 11.6 Å². The topological polar surface area (TPSA) is 68.7 Å². The van der Waals surface area contributed by atoms with Crippen molar-refractivity contribution in [3.8, 4) is 11.6 Å². The Morgan fingerprint density at radius 3 is 2.39 bits per heavy atom. The van der Waals surface area contributed by atoms with Gasteiger partial charge in [-0.1, -0.05) is 19.3 Å². The van der Waals surface area contributed by atoms with Crippen molar-refractivity contribution < 1.29 is 36.6 Å². The lowest BCUT2D eigenvalue weighted by Crippen LogP contribution is -2.42. The van der Waals surface area contributed by atoms with Gasteiger partial charge in [0.1, 0.15) is 5.56 Å². The Kier molecular flexibility index (Phi) is 8.81. The minimum Gasteiger partial charge on any atom is -0.465 e. The molecule has 1 amide bonds. The second kappa shape index (κ2) is 11.5. The van der Waals surface area contributed by atoms with Gasteiger partial charge in [0.2, 0.25) is 11.8 Å². The van der Waals surface area contributed by atoms with Crippen molar-refractivity contribution in [1.29, 1.82) is 0 Å². The fraction of sp³-hybridized carbons (Fsp3) is 0.480. The molecule has 0 N–H and O–H groups in total. The maximum absolute atomic E-state index is 15.2. The molecule has 11 heteroatoms. The van der Waals surface area contributed by atoms with Crippen LogP contribution in [0.1, 0.15) is 67.4 Å². The number of amides is 1. The van der Waals surface area contributed by atoms with Gasteiger partial charge in [-0.2, -0.15) is 13.2 Å². The van der Waals surface area contributed by atoms with E-state index in [9.17, 15) is 22.8 Å². The number of esters is 1. The van der Waals surface area contributed by atoms with Gasteiger partial charge in [-0.15, -0.1) is 11.6 Å². The molecule has 1 fully saturated rings. The van der Waals surface area contributed by atoms with Crippen LogP contribution in [0.4, 0.5) is 23.2 Å². The number of benzene rings is 1. The Hall–Kier alpha value is -2.88. The van der Waals surface area contributed by atoms with Gasteiger partial charge in [0, 0.05) is 36.2 Å². The molecule has 0 spiro atoms. The van der Waals surface area contributed by atoms with E-state index in [4.69, 9.17) is 21.1 Å². The van der Waals surface area contributed by atoms with Crippen molar-refractivity contribution in [3.63, 3.8) is 0 Å². The zero-order valence-corrected chi connectivity index (χ0v) is 20.9. The number of carbonyl (C=O) groups excluding carboxylic acids is 2. The SMILES string of the molecule is COC(=O)c1cc(Oc2ncc(CCl)cc2C(F)(F)F)c(F)cc1N(C(=O)C1CCCCC1)C(C)C. The minimum absolute atomic E-state index is 0.0428. The molecule has 0 aliphatic heterocycles. The molecule has 0 atom stereocenters. The van der Waals surface area contributed by atoms with Crippen LogP contribution in [0, 0.1) is 11.7 Å². The molecular formula is C25H27ClF4N2O4. The average Bonchev–Trinajstić information content (AvgIpc) is 2.85. The molecule has 1 saturated carbocycles. The van der Waals surface area contributed by atoms with E-state index in [1.54, 1.807) is 13.8 Å². The Morgan fingerprint density at radius 1 is 1.17 bits per heavy atom. The van der Waals surface area contributed by atoms with Gasteiger partial charge in [-0.05, 0) is 38.3 Å². The quantitative estimate of drug-likeness (QED) is 0.222. The van der Waals surface area contributed by atoms with Crippen LogP contribution in [0.3, 0.4) is 0 Å². The van der Waals surface area contributed by atoms with E-state index in [1.807, 2.05) is 0 Å². The van der Waals surface area contributed by atoms with Crippen LogP contribution in [-0.2, 0) is 21.6 Å². The normalized spacial score (nSPS) is 14.6. The van der Waals surface area contributed by atoms with E-state index < -0.39 is 41.2 Å². The number of halogens is 5. The maximum Gasteiger partial charge on any atom is 0.421 e. The van der Waals surface area contributed by atoms with Gasteiger partial charge in [-0.3, -0.25) is 4.79 Å². The van der Waals surface area contributed by atoms with Crippen molar-refractivity contribution in [3.05, 3.63) is 46.9 Å². The zero-order chi connectivity index (χ0) is 26.6. The van der Waals surface area contributed by atoms with E-state index in [0.717, 1.165) is 50.8 Å². The van der Waals surface area contributed by atoms with Gasteiger partial charge in [-0.25, -0.2) is 14.2 Å². The molecule has 2 aromatic rings. The highest BCUT2D eigenvalue weighted by Crippen LogP contribution is 2.40. The molecule has 0 saturated heterocycles. The number of aromatic nitrogens is 1. The Balaban J connectivity index is 2.09. The Bertz CT molecular complexity index is 1120. The molecular weight excluding hydrogens is 504 g/mol. The highest BCUT2D eigenvalue weighted by Gasteiger charge is 2.37. The third-order valence-electron chi connectivity index (χ3n) is 6.00. The second-order valence-electron chi connectivity index (χ2n) is 8.86. The highest BCUT2D eigenvalue weighted by atomic mass is 35.5. The van der Waals surface area contributed by atoms with Crippen LogP contribution in [0.2, 0.25) is 0 Å². The first-order valence-corrected chi connectivity index (χ1v) is 12.1. The van der Waals surface area contributed by atoms with Gasteiger partial charge in [0.05, 0.1) is 18.4 Å². The van der Waals surface area contributed by atoms with Crippen LogP contribution >= 0.6 is 11.6 Å². The molecule has 1 aliphatic carbocycles. The molecule has 36 heavy (non-hydrogen) atoms. The van der Waals surface area contributed by atoms with Gasteiger partial charge < -0.3 is 14.4 Å². The molecule has 0 bridgehead atoms. The van der Waals surface area contributed by atoms with E-state index in [2.05, 4.69) is 4.98 Å². The molecule has 1 aliphatic rings. The number of carbonyl (C=O) groups is 2. The largest absolute Gasteiger partial charge is 0.465 e. The summed E-state index contributed by atoms with van der Waals surface area (Å²) in [4.78, 5) is 31.0. The van der Waals surface area contributed by atoms with Crippen molar-refractivity contribution in [2.75, 3.05) is 12.0 Å². The Labute approximate surface area is 211 Å². The Morgan fingerprint density at radius 2 is 1.83 bits per heavy atom. The summed E-state index contributed by atoms with van der Waals surface area (Å²) in [7, 11) is 1.10. The molecule has 1 aromatic carbocycles. The summed E-state index contributed by atoms with van der Waals surface area (Å²) in [5, 5.41) is 0. The van der Waals surface area contributed by atoms with Crippen molar-refractivity contribution >= 4 is 29.2 Å². The van der Waals surface area contributed by atoms with E-state index in [1.165, 1.54) is 4.90 Å². The number of pyridine rings is 1. The first kappa shape index (κ1) is 27.7. The summed E-state index contributed by atoms with van der Waals surface area (Å²) in [5.74, 6) is -4.30. The van der Waals surface area contributed by atoms with Crippen LogP contribution in [-0.4, -0.2) is 30.0 Å². The predicted octanol–water partition coefficient (Wildman–Crippen LogP) is 6.88. The van der Waals surface area contributed by atoms with E-state index in [0.29, 0.717) is 12.8 Å². The summed E-state index contributed by atoms with van der Waals surface area (Å²) in [6, 6.07) is 2.15. The lowest BCUT2D eigenvalue weighted by Gasteiger charge is -2.33. The summed E-state index contributed by atoms with van der Waals surface area (Å²) < 4.78 is 66.0. The zero-order valence-electron chi connectivity index (χ0n) is 20.1. The lowest BCUT2D eigenvalue weighted by atomic mass is 9.87. The smallest absolute Gasteiger partial charge is 0.421 e. The second-order valence-corrected chi connectivity index (χ2v) is 9.13. The molecule has 1 heterocycles. The van der Waals surface area contributed by atoms with Crippen LogP contribution in [0.5, 0.6) is 11.6 Å². The van der Waals surface area contributed by atoms with Crippen LogP contribution in [0.15, 0.2) is 24.4 Å². The summed E-state index contributed by atoms with van der Waals surface area (Å²) >= 11 is 5.62. The van der Waals surface area contributed by atoms with Crippen molar-refractivity contribution in [1.82, 2.24) is 4.98 Å². The minimum atomic E-state index is -4.85. The number of alkyl halides is 4. The summed E-state index contributed by atoms with van der Waals surface area (Å²) in [5.41, 5.74) is -1.42. The highest BCUT2D eigenvalue weighted by molar-refractivity contribution is 6.17. The molecule has 196 valence electrons. The number of methoxy groups -OCH3 is 1. The van der Waals surface area contributed by atoms with Gasteiger partial charge in [0.25, 0.3) is 0 Å². The number of ether oxygens (including phenoxy) is 2. The number of rotatable bonds is 7. The molecule has 3 rings (SSSR count). The van der Waals surface area contributed by atoms with Crippen LogP contribution < -0.4 is 9.64 Å². The maximum atomic E-state index is 15.2. The lowest BCUT2D eigenvalue weighted by molar-refractivity contribution is -0.139. The fourth-order valence-corrected chi connectivity index (χ4v) is 4.39. The van der Waals surface area contributed by atoms with Crippen LogP contribution in [0.25, 0.3) is 0 Å². The average molecular weight is 531 g/mol. The van der Waals surface area contributed by atoms with Crippen molar-refractivity contribution in [2.24, 2.45) is 5.92 Å². The third kappa shape index (κ3) is 6.08. The standard InChI is InChI=1S/C25H27ClF4N2O4/c1-14(2)32(23(33)16-7-5-4-6-8-16)20-11-19(27)21(10-17(20)24(34)35-3)36-22-18(25(28,29)30)9-15(12-26)13-31-22/h9-11,13-14,16H,4-8,12H2,1-3H3. The summed E-state index contributed by atoms with van der Waals surface area (Å²) in [6.45, 7) is 3.45. The third-order valence-corrected chi connectivity index (χ3v) is 6.31. The monoisotopic (exact) mass is 530 g/mol. The van der Waals surface area contributed by atoms with E-state index in [-0.39, 0.29) is 34.5 Å².